The van der Waals surface area contributed by atoms with Gasteiger partial charge in [0, 0.05) is 35.6 Å². The van der Waals surface area contributed by atoms with E-state index in [1.165, 1.54) is 18.4 Å². The van der Waals surface area contributed by atoms with Crippen LogP contribution >= 0.6 is 0 Å². The van der Waals surface area contributed by atoms with Crippen LogP contribution in [0.2, 0.25) is 0 Å². The van der Waals surface area contributed by atoms with Gasteiger partial charge in [0.25, 0.3) is 5.56 Å². The molecule has 1 saturated carbocycles. The number of nitrogens with zero attached hydrogens (tertiary/aromatic N) is 5. The van der Waals surface area contributed by atoms with Crippen molar-refractivity contribution in [1.29, 1.82) is 0 Å². The monoisotopic (exact) mass is 472 g/mol. The first-order valence-electron chi connectivity index (χ1n) is 12.5. The number of aromatic amines is 1. The molecule has 5 rings (SSSR count). The molecule has 0 radical (unpaired) electrons. The van der Waals surface area contributed by atoms with E-state index in [-0.39, 0.29) is 5.56 Å². The van der Waals surface area contributed by atoms with E-state index in [1.54, 1.807) is 0 Å². The minimum Gasteiger partial charge on any atom is -0.494 e. The third-order valence-electron chi connectivity index (χ3n) is 6.82. The highest BCUT2D eigenvalue weighted by molar-refractivity contribution is 5.80. The van der Waals surface area contributed by atoms with Crippen molar-refractivity contribution in [3.63, 3.8) is 0 Å². The van der Waals surface area contributed by atoms with E-state index in [2.05, 4.69) is 49.7 Å². The van der Waals surface area contributed by atoms with Crippen molar-refractivity contribution in [2.75, 3.05) is 6.61 Å². The minimum atomic E-state index is -0.0478. The molecule has 35 heavy (non-hydrogen) atoms. The molecule has 2 heterocycles. The van der Waals surface area contributed by atoms with Gasteiger partial charge in [-0.15, -0.1) is 5.10 Å². The molecule has 1 fully saturated rings. The van der Waals surface area contributed by atoms with Crippen molar-refractivity contribution in [3.05, 3.63) is 81.9 Å². The average molecular weight is 473 g/mol. The molecule has 0 spiro atoms. The Morgan fingerprint density at radius 3 is 2.71 bits per heavy atom. The summed E-state index contributed by atoms with van der Waals surface area (Å²) >= 11 is 0. The van der Waals surface area contributed by atoms with E-state index in [4.69, 9.17) is 4.74 Å². The molecule has 0 atom stereocenters. The van der Waals surface area contributed by atoms with Crippen LogP contribution in [-0.4, -0.2) is 42.7 Å². The van der Waals surface area contributed by atoms with Gasteiger partial charge in [0.05, 0.1) is 13.2 Å². The summed E-state index contributed by atoms with van der Waals surface area (Å²) in [5, 5.41) is 13.5. The second kappa shape index (κ2) is 10.8. The number of ether oxygens (including phenoxy) is 1. The van der Waals surface area contributed by atoms with Crippen molar-refractivity contribution in [2.24, 2.45) is 0 Å². The van der Waals surface area contributed by atoms with Crippen LogP contribution in [0.25, 0.3) is 10.9 Å². The van der Waals surface area contributed by atoms with Gasteiger partial charge in [-0.25, -0.2) is 4.68 Å². The molecule has 1 aliphatic carbocycles. The van der Waals surface area contributed by atoms with Crippen LogP contribution in [0, 0.1) is 0 Å². The Hall–Kier alpha value is -3.52. The summed E-state index contributed by atoms with van der Waals surface area (Å²) in [6, 6.07) is 18.6. The maximum atomic E-state index is 13.0. The largest absolute Gasteiger partial charge is 0.494 e. The van der Waals surface area contributed by atoms with Gasteiger partial charge < -0.3 is 9.72 Å². The number of hydrogen-bond acceptors (Lipinski definition) is 6. The first kappa shape index (κ1) is 23.2. The van der Waals surface area contributed by atoms with Crippen molar-refractivity contribution >= 4 is 10.9 Å². The van der Waals surface area contributed by atoms with Crippen LogP contribution in [0.4, 0.5) is 0 Å². The maximum Gasteiger partial charge on any atom is 0.252 e. The maximum absolute atomic E-state index is 13.0. The zero-order valence-electron chi connectivity index (χ0n) is 20.2. The average Bonchev–Trinajstić information content (AvgIpc) is 3.56. The van der Waals surface area contributed by atoms with Gasteiger partial charge in [0.1, 0.15) is 5.75 Å². The molecule has 2 aromatic carbocycles. The second-order valence-electron chi connectivity index (χ2n) is 9.20. The third kappa shape index (κ3) is 5.59. The van der Waals surface area contributed by atoms with Crippen LogP contribution < -0.4 is 10.3 Å². The molecular formula is C27H32N6O2. The van der Waals surface area contributed by atoms with Crippen LogP contribution in [0.3, 0.4) is 0 Å². The van der Waals surface area contributed by atoms with Crippen molar-refractivity contribution in [3.8, 4) is 5.75 Å². The topological polar surface area (TPSA) is 88.9 Å². The van der Waals surface area contributed by atoms with E-state index < -0.39 is 0 Å². The predicted octanol–water partition coefficient (Wildman–Crippen LogP) is 4.10. The summed E-state index contributed by atoms with van der Waals surface area (Å²) in [7, 11) is 0. The Labute approximate surface area is 204 Å². The number of nitrogens with one attached hydrogen (secondary N) is 1. The number of rotatable bonds is 10. The second-order valence-corrected chi connectivity index (χ2v) is 9.20. The zero-order chi connectivity index (χ0) is 24.0. The lowest BCUT2D eigenvalue weighted by atomic mass is 10.1. The molecule has 0 unspecified atom stereocenters. The van der Waals surface area contributed by atoms with E-state index in [0.29, 0.717) is 25.7 Å². The van der Waals surface area contributed by atoms with E-state index in [1.807, 2.05) is 41.9 Å². The van der Waals surface area contributed by atoms with Crippen molar-refractivity contribution < 1.29 is 4.74 Å². The van der Waals surface area contributed by atoms with Gasteiger partial charge in [-0.1, -0.05) is 43.2 Å². The van der Waals surface area contributed by atoms with Crippen LogP contribution in [0.1, 0.15) is 49.6 Å². The van der Waals surface area contributed by atoms with Gasteiger partial charge in [0.15, 0.2) is 5.82 Å². The molecule has 2 aromatic heterocycles. The normalized spacial score (nSPS) is 14.2. The molecule has 0 amide bonds. The molecule has 8 nitrogen and oxygen atoms in total. The van der Waals surface area contributed by atoms with Crippen LogP contribution in [0.15, 0.2) is 59.4 Å². The smallest absolute Gasteiger partial charge is 0.252 e. The number of H-pyrrole nitrogens is 1. The lowest BCUT2D eigenvalue weighted by molar-refractivity contribution is 0.172. The van der Waals surface area contributed by atoms with E-state index in [9.17, 15) is 4.79 Å². The highest BCUT2D eigenvalue weighted by atomic mass is 16.5. The molecular weight excluding hydrogens is 440 g/mol. The molecule has 0 bridgehead atoms. The molecule has 182 valence electrons. The Morgan fingerprint density at radius 2 is 1.91 bits per heavy atom. The molecule has 8 heteroatoms. The van der Waals surface area contributed by atoms with E-state index >= 15 is 0 Å². The standard InChI is InChI=1S/C27H32N6O2/c1-2-35-24-12-13-25-21(17-24)16-22(27(34)28-25)18-32(23-10-6-7-11-23)19-26-29-30-31-33(26)15-14-20-8-4-3-5-9-20/h3-5,8-9,12-13,16-17,23H,2,6-7,10-11,14-15,18-19H2,1H3,(H,28,34). The van der Waals surface area contributed by atoms with Gasteiger partial charge in [-0.3, -0.25) is 9.69 Å². The Kier molecular flexibility index (Phi) is 7.18. The molecule has 1 N–H and O–H groups in total. The number of tetrazole rings is 1. The highest BCUT2D eigenvalue weighted by Crippen LogP contribution is 2.27. The lowest BCUT2D eigenvalue weighted by Gasteiger charge is -2.28. The first-order chi connectivity index (χ1) is 17.2. The number of fused-ring (bicyclic) bond motifs is 1. The van der Waals surface area contributed by atoms with Gasteiger partial charge >= 0.3 is 0 Å². The SMILES string of the molecule is CCOc1ccc2[nH]c(=O)c(CN(Cc3nnnn3CCc3ccccc3)C3CCCC3)cc2c1. The quantitative estimate of drug-likeness (QED) is 0.374. The summed E-state index contributed by atoms with van der Waals surface area (Å²) in [6.07, 6.45) is 5.56. The first-order valence-corrected chi connectivity index (χ1v) is 12.5. The van der Waals surface area contributed by atoms with Crippen LogP contribution in [0.5, 0.6) is 5.75 Å². The number of pyridine rings is 1. The Morgan fingerprint density at radius 1 is 1.09 bits per heavy atom. The molecule has 0 saturated heterocycles. The predicted molar refractivity (Wildman–Crippen MR) is 135 cm³/mol. The van der Waals surface area contributed by atoms with Crippen LogP contribution in [-0.2, 0) is 26.1 Å². The number of aryl methyl sites for hydroxylation is 2. The highest BCUT2D eigenvalue weighted by Gasteiger charge is 2.25. The summed E-state index contributed by atoms with van der Waals surface area (Å²) in [4.78, 5) is 18.4. The molecule has 1 aliphatic rings. The van der Waals surface area contributed by atoms with Gasteiger partial charge in [0.2, 0.25) is 0 Å². The fraction of sp³-hybridized carbons (Fsp3) is 0.407. The third-order valence-corrected chi connectivity index (χ3v) is 6.82. The number of aromatic nitrogens is 5. The number of benzene rings is 2. The van der Waals surface area contributed by atoms with Crippen molar-refractivity contribution in [1.82, 2.24) is 30.1 Å². The summed E-state index contributed by atoms with van der Waals surface area (Å²) in [5.74, 6) is 1.65. The number of hydrogen-bond donors (Lipinski definition) is 1. The molecule has 4 aromatic rings. The van der Waals surface area contributed by atoms with Crippen molar-refractivity contribution in [2.45, 2.75) is 64.7 Å². The lowest BCUT2D eigenvalue weighted by Crippen LogP contribution is -2.35. The summed E-state index contributed by atoms with van der Waals surface area (Å²) in [6.45, 7) is 4.47. The summed E-state index contributed by atoms with van der Waals surface area (Å²) < 4.78 is 7.55. The Bertz CT molecular complexity index is 1310. The fourth-order valence-electron chi connectivity index (χ4n) is 4.98. The van der Waals surface area contributed by atoms with Gasteiger partial charge in [-0.05, 0) is 66.4 Å². The van der Waals surface area contributed by atoms with Gasteiger partial charge in [-0.2, -0.15) is 0 Å². The zero-order valence-corrected chi connectivity index (χ0v) is 20.2. The Balaban J connectivity index is 1.37. The summed E-state index contributed by atoms with van der Waals surface area (Å²) in [5.41, 5.74) is 2.78. The van der Waals surface area contributed by atoms with E-state index in [0.717, 1.165) is 53.8 Å². The minimum absolute atomic E-state index is 0.0478. The fourth-order valence-corrected chi connectivity index (χ4v) is 4.98. The molecule has 0 aliphatic heterocycles.